The highest BCUT2D eigenvalue weighted by atomic mass is 35.5. The molecule has 1 unspecified atom stereocenters. The van der Waals surface area contributed by atoms with E-state index < -0.39 is 28.0 Å². The van der Waals surface area contributed by atoms with Gasteiger partial charge in [0.05, 0.1) is 12.9 Å². The first-order valence-electron chi connectivity index (χ1n) is 12.5. The molecule has 0 saturated heterocycles. The molecule has 0 spiro atoms. The zero-order chi connectivity index (χ0) is 30.4. The van der Waals surface area contributed by atoms with Gasteiger partial charge in [-0.2, -0.15) is 8.78 Å². The SMILES string of the molecule is CO[n+]1cc(Cl)c(CC(OC(=O)Sc2cccc(NS(C)(=O)=O)c2)c2ccc(OC(F)F)c(OCC3CC3)c2)c(Cl)c1. The topological polar surface area (TPSA) is 104 Å². The first kappa shape index (κ1) is 31.9. The van der Waals surface area contributed by atoms with E-state index in [9.17, 15) is 22.0 Å². The Bertz CT molecular complexity index is 1520. The van der Waals surface area contributed by atoms with Crippen LogP contribution in [0.4, 0.5) is 19.3 Å². The molecule has 4 rings (SSSR count). The number of thioether (sulfide) groups is 1. The van der Waals surface area contributed by atoms with Crippen molar-refractivity contribution in [3.63, 3.8) is 0 Å². The number of hydrogen-bond donors (Lipinski definition) is 1. The van der Waals surface area contributed by atoms with Gasteiger partial charge in [-0.1, -0.05) is 35.3 Å². The summed E-state index contributed by atoms with van der Waals surface area (Å²) in [7, 11) is -2.10. The largest absolute Gasteiger partial charge is 0.489 e. The second-order valence-corrected chi connectivity index (χ2v) is 13.0. The second-order valence-electron chi connectivity index (χ2n) is 9.38. The quantitative estimate of drug-likeness (QED) is 0.129. The zero-order valence-corrected chi connectivity index (χ0v) is 25.5. The maximum atomic E-state index is 13.1. The Morgan fingerprint density at radius 3 is 2.45 bits per heavy atom. The third-order valence-electron chi connectivity index (χ3n) is 5.96. The Morgan fingerprint density at radius 1 is 1.12 bits per heavy atom. The lowest BCUT2D eigenvalue weighted by Crippen LogP contribution is -2.40. The molecule has 1 saturated carbocycles. The predicted octanol–water partition coefficient (Wildman–Crippen LogP) is 6.31. The van der Waals surface area contributed by atoms with Crippen molar-refractivity contribution in [3.05, 3.63) is 76.0 Å². The van der Waals surface area contributed by atoms with E-state index in [-0.39, 0.29) is 33.7 Å². The molecule has 226 valence electrons. The predicted molar refractivity (Wildman–Crippen MR) is 154 cm³/mol. The molecule has 0 radical (unpaired) electrons. The first-order chi connectivity index (χ1) is 19.9. The van der Waals surface area contributed by atoms with Crippen molar-refractivity contribution in [3.8, 4) is 11.5 Å². The number of ether oxygens (including phenoxy) is 3. The summed E-state index contributed by atoms with van der Waals surface area (Å²) in [6.07, 6.45) is 4.98. The third kappa shape index (κ3) is 9.51. The van der Waals surface area contributed by atoms with Gasteiger partial charge in [0.2, 0.25) is 22.4 Å². The van der Waals surface area contributed by atoms with Crippen LogP contribution in [0, 0.1) is 5.92 Å². The van der Waals surface area contributed by atoms with Gasteiger partial charge < -0.3 is 14.2 Å². The minimum atomic E-state index is -3.53. The summed E-state index contributed by atoms with van der Waals surface area (Å²) in [5.74, 6) is 0.261. The Morgan fingerprint density at radius 2 is 1.83 bits per heavy atom. The van der Waals surface area contributed by atoms with Crippen LogP contribution >= 0.6 is 35.0 Å². The molecule has 9 nitrogen and oxygen atoms in total. The molecule has 1 aliphatic rings. The van der Waals surface area contributed by atoms with Crippen LogP contribution in [0.1, 0.15) is 30.1 Å². The number of carbonyl (C=O) groups is 1. The number of hydrogen-bond acceptors (Lipinski definition) is 8. The molecule has 15 heteroatoms. The fraction of sp³-hybridized carbons (Fsp3) is 0.333. The number of carbonyl (C=O) groups excluding carboxylic acids is 1. The second kappa shape index (κ2) is 14.0. The Labute approximate surface area is 256 Å². The van der Waals surface area contributed by atoms with Crippen LogP contribution < -0.4 is 23.8 Å². The van der Waals surface area contributed by atoms with E-state index in [1.807, 2.05) is 0 Å². The summed E-state index contributed by atoms with van der Waals surface area (Å²) in [6, 6.07) is 10.5. The average Bonchev–Trinajstić information content (AvgIpc) is 3.73. The summed E-state index contributed by atoms with van der Waals surface area (Å²) in [5.41, 5.74) is 1.13. The third-order valence-corrected chi connectivity index (χ3v) is 7.97. The Balaban J connectivity index is 1.64. The molecule has 1 aromatic heterocycles. The summed E-state index contributed by atoms with van der Waals surface area (Å²) >= 11 is 13.7. The fourth-order valence-electron chi connectivity index (χ4n) is 3.84. The molecule has 1 atom stereocenters. The van der Waals surface area contributed by atoms with E-state index in [1.165, 1.54) is 54.6 Å². The van der Waals surface area contributed by atoms with Crippen LogP contribution in [0.15, 0.2) is 59.8 Å². The molecule has 1 fully saturated rings. The van der Waals surface area contributed by atoms with Crippen LogP contribution in [0.3, 0.4) is 0 Å². The average molecular weight is 665 g/mol. The van der Waals surface area contributed by atoms with Crippen molar-refractivity contribution in [1.29, 1.82) is 0 Å². The van der Waals surface area contributed by atoms with Crippen molar-refractivity contribution in [1.82, 2.24) is 0 Å². The molecule has 2 aromatic carbocycles. The van der Waals surface area contributed by atoms with E-state index >= 15 is 0 Å². The molecule has 1 N–H and O–H groups in total. The highest BCUT2D eigenvalue weighted by Gasteiger charge is 2.27. The van der Waals surface area contributed by atoms with Gasteiger partial charge in [-0.25, -0.2) is 13.2 Å². The van der Waals surface area contributed by atoms with E-state index in [1.54, 1.807) is 12.1 Å². The normalized spacial score (nSPS) is 13.9. The van der Waals surface area contributed by atoms with Gasteiger partial charge in [0.15, 0.2) is 11.5 Å². The summed E-state index contributed by atoms with van der Waals surface area (Å²) < 4.78 is 69.3. The fourth-order valence-corrected chi connectivity index (χ4v) is 5.68. The molecule has 1 aliphatic carbocycles. The van der Waals surface area contributed by atoms with Crippen molar-refractivity contribution in [2.75, 3.05) is 24.7 Å². The lowest BCUT2D eigenvalue weighted by Gasteiger charge is -2.21. The smallest absolute Gasteiger partial charge is 0.387 e. The minimum absolute atomic E-state index is 0.0152. The maximum absolute atomic E-state index is 13.1. The number of nitrogens with one attached hydrogen (secondary N) is 1. The summed E-state index contributed by atoms with van der Waals surface area (Å²) in [5, 5.41) is -0.249. The summed E-state index contributed by atoms with van der Waals surface area (Å²) in [6.45, 7) is -2.74. The summed E-state index contributed by atoms with van der Waals surface area (Å²) in [4.78, 5) is 18.7. The lowest BCUT2D eigenvalue weighted by molar-refractivity contribution is -0.885. The van der Waals surface area contributed by atoms with Crippen LogP contribution in [0.25, 0.3) is 0 Å². The number of anilines is 1. The molecule has 42 heavy (non-hydrogen) atoms. The van der Waals surface area contributed by atoms with Gasteiger partial charge in [0.1, 0.15) is 23.3 Å². The van der Waals surface area contributed by atoms with E-state index in [4.69, 9.17) is 37.5 Å². The molecule has 0 amide bonds. The standard InChI is InChI=1S/C27H27Cl2F2N2O7S2/c1-37-33-13-21(28)20(22(29)14-33)12-24(40-27(34)41-19-5-3-4-18(11-19)32-42(2,35)36)17-8-9-23(39-26(30)31)25(10-17)38-15-16-6-7-16/h3-5,8-11,13-14,16,24,26,32H,6-7,12,15H2,1-2H3/q+1. The number of sulfonamides is 1. The minimum Gasteiger partial charge on any atom is -0.489 e. The van der Waals surface area contributed by atoms with Crippen LogP contribution in [0.2, 0.25) is 10.0 Å². The van der Waals surface area contributed by atoms with Gasteiger partial charge in [0, 0.05) is 27.3 Å². The Hall–Kier alpha value is -3.00. The molecular formula is C27H27Cl2F2N2O7S2+. The number of benzene rings is 2. The lowest BCUT2D eigenvalue weighted by atomic mass is 10.0. The van der Waals surface area contributed by atoms with Crippen LogP contribution in [-0.2, 0) is 21.2 Å². The molecule has 0 aliphatic heterocycles. The zero-order valence-electron chi connectivity index (χ0n) is 22.4. The number of nitrogens with zero attached hydrogens (tertiary/aromatic N) is 1. The van der Waals surface area contributed by atoms with Gasteiger partial charge in [-0.15, -0.1) is 0 Å². The number of aromatic nitrogens is 1. The Kier molecular flexibility index (Phi) is 10.6. The number of pyridine rings is 1. The number of alkyl halides is 2. The van der Waals surface area contributed by atoms with Gasteiger partial charge in [0.25, 0.3) is 0 Å². The van der Waals surface area contributed by atoms with Gasteiger partial charge >= 0.3 is 11.9 Å². The van der Waals surface area contributed by atoms with E-state index in [0.29, 0.717) is 28.5 Å². The number of halogens is 4. The van der Waals surface area contributed by atoms with Crippen molar-refractivity contribution >= 4 is 56.0 Å². The van der Waals surface area contributed by atoms with Crippen molar-refractivity contribution in [2.45, 2.75) is 36.9 Å². The molecule has 1 heterocycles. The highest BCUT2D eigenvalue weighted by molar-refractivity contribution is 8.13. The van der Waals surface area contributed by atoms with Crippen molar-refractivity contribution in [2.24, 2.45) is 5.92 Å². The van der Waals surface area contributed by atoms with Crippen molar-refractivity contribution < 1.29 is 45.8 Å². The van der Waals surface area contributed by atoms with Crippen LogP contribution in [-0.4, -0.2) is 40.3 Å². The monoisotopic (exact) mass is 663 g/mol. The highest BCUT2D eigenvalue weighted by Crippen LogP contribution is 2.38. The molecular weight excluding hydrogens is 637 g/mol. The molecule has 0 bridgehead atoms. The van der Waals surface area contributed by atoms with E-state index in [2.05, 4.69) is 9.46 Å². The van der Waals surface area contributed by atoms with Gasteiger partial charge in [-0.3, -0.25) is 9.56 Å². The first-order valence-corrected chi connectivity index (χ1v) is 16.0. The van der Waals surface area contributed by atoms with Crippen LogP contribution in [0.5, 0.6) is 11.5 Å². The number of rotatable bonds is 13. The van der Waals surface area contributed by atoms with Gasteiger partial charge in [-0.05, 0) is 66.4 Å². The van der Waals surface area contributed by atoms with E-state index in [0.717, 1.165) is 30.9 Å². The maximum Gasteiger partial charge on any atom is 0.387 e. The molecule has 3 aromatic rings.